The third-order valence-corrected chi connectivity index (χ3v) is 3.47. The maximum atomic E-state index is 11.4. The Labute approximate surface area is 137 Å². The molecule has 0 bridgehead atoms. The Kier molecular flexibility index (Phi) is 3.91. The number of pyridine rings is 1. The van der Waals surface area contributed by atoms with Crippen LogP contribution in [0.3, 0.4) is 0 Å². The standard InChI is InChI=1S/C17H14N4O3/c1-10-6-7-21-14(8-10)18-15(17(23)24)16(21)20-19-13-5-3-4-12(9-13)11(2)22/h3-9H,1-2H3,(H,23,24). The van der Waals surface area contributed by atoms with E-state index < -0.39 is 5.97 Å². The van der Waals surface area contributed by atoms with Gasteiger partial charge in [-0.3, -0.25) is 9.20 Å². The molecule has 0 amide bonds. The highest BCUT2D eigenvalue weighted by Gasteiger charge is 2.18. The first-order chi connectivity index (χ1) is 11.5. The van der Waals surface area contributed by atoms with Gasteiger partial charge in [0.15, 0.2) is 17.3 Å². The molecule has 0 aliphatic carbocycles. The number of aromatic carboxylic acids is 1. The number of hydrogen-bond acceptors (Lipinski definition) is 5. The summed E-state index contributed by atoms with van der Waals surface area (Å²) in [7, 11) is 0. The van der Waals surface area contributed by atoms with Crippen LogP contribution in [0.1, 0.15) is 33.3 Å². The molecule has 24 heavy (non-hydrogen) atoms. The van der Waals surface area contributed by atoms with Gasteiger partial charge in [-0.2, -0.15) is 0 Å². The van der Waals surface area contributed by atoms with Crippen molar-refractivity contribution in [1.29, 1.82) is 0 Å². The molecule has 0 aliphatic heterocycles. The summed E-state index contributed by atoms with van der Waals surface area (Å²) in [6, 6.07) is 10.3. The molecule has 2 heterocycles. The minimum absolute atomic E-state index is 0.0800. The van der Waals surface area contributed by atoms with E-state index in [9.17, 15) is 14.7 Å². The number of nitrogens with zero attached hydrogens (tertiary/aromatic N) is 4. The van der Waals surface area contributed by atoms with Crippen molar-refractivity contribution in [1.82, 2.24) is 9.38 Å². The predicted molar refractivity (Wildman–Crippen MR) is 87.5 cm³/mol. The fraction of sp³-hybridized carbons (Fsp3) is 0.118. The second-order valence-electron chi connectivity index (χ2n) is 5.33. The number of benzene rings is 1. The molecule has 0 saturated heterocycles. The van der Waals surface area contributed by atoms with Crippen LogP contribution in [-0.4, -0.2) is 26.2 Å². The first kappa shape index (κ1) is 15.5. The van der Waals surface area contributed by atoms with Gasteiger partial charge in [0, 0.05) is 11.8 Å². The van der Waals surface area contributed by atoms with Crippen LogP contribution >= 0.6 is 0 Å². The van der Waals surface area contributed by atoms with Gasteiger partial charge in [-0.05, 0) is 43.7 Å². The number of azo groups is 1. The largest absolute Gasteiger partial charge is 0.476 e. The molecule has 3 aromatic rings. The first-order valence-corrected chi connectivity index (χ1v) is 7.20. The van der Waals surface area contributed by atoms with Crippen molar-refractivity contribution in [2.75, 3.05) is 0 Å². The molecule has 0 unspecified atom stereocenters. The molecule has 7 heteroatoms. The Morgan fingerprint density at radius 1 is 1.17 bits per heavy atom. The number of fused-ring (bicyclic) bond motifs is 1. The second kappa shape index (κ2) is 6.04. The second-order valence-corrected chi connectivity index (χ2v) is 5.33. The number of rotatable bonds is 4. The quantitative estimate of drug-likeness (QED) is 0.581. The number of imidazole rings is 1. The molecule has 7 nitrogen and oxygen atoms in total. The van der Waals surface area contributed by atoms with Crippen molar-refractivity contribution in [2.45, 2.75) is 13.8 Å². The molecule has 0 aliphatic rings. The summed E-state index contributed by atoms with van der Waals surface area (Å²) < 4.78 is 1.56. The first-order valence-electron chi connectivity index (χ1n) is 7.20. The van der Waals surface area contributed by atoms with Crippen LogP contribution in [0, 0.1) is 6.92 Å². The van der Waals surface area contributed by atoms with Gasteiger partial charge in [-0.15, -0.1) is 10.2 Å². The van der Waals surface area contributed by atoms with Gasteiger partial charge >= 0.3 is 5.97 Å². The molecule has 0 saturated carbocycles. The Morgan fingerprint density at radius 2 is 1.96 bits per heavy atom. The summed E-state index contributed by atoms with van der Waals surface area (Å²) in [5, 5.41) is 17.4. The lowest BCUT2D eigenvalue weighted by Crippen LogP contribution is -1.96. The molecule has 2 aromatic heterocycles. The van der Waals surface area contributed by atoms with Crippen molar-refractivity contribution in [3.05, 3.63) is 59.4 Å². The zero-order valence-corrected chi connectivity index (χ0v) is 13.1. The Morgan fingerprint density at radius 3 is 2.67 bits per heavy atom. The number of aryl methyl sites for hydroxylation is 1. The number of carboxylic acid groups (broad SMARTS) is 1. The van der Waals surface area contributed by atoms with Crippen LogP contribution in [0.5, 0.6) is 0 Å². The molecular weight excluding hydrogens is 308 g/mol. The molecule has 1 aromatic carbocycles. The van der Waals surface area contributed by atoms with E-state index in [1.165, 1.54) is 6.92 Å². The summed E-state index contributed by atoms with van der Waals surface area (Å²) in [5.74, 6) is -1.13. The van der Waals surface area contributed by atoms with Crippen molar-refractivity contribution < 1.29 is 14.7 Å². The van der Waals surface area contributed by atoms with Crippen LogP contribution in [0.2, 0.25) is 0 Å². The lowest BCUT2D eigenvalue weighted by molar-refractivity contribution is 0.0692. The van der Waals surface area contributed by atoms with Crippen LogP contribution in [0.15, 0.2) is 52.8 Å². The normalized spacial score (nSPS) is 11.2. The number of hydrogen-bond donors (Lipinski definition) is 1. The highest BCUT2D eigenvalue weighted by Crippen LogP contribution is 2.25. The molecular formula is C17H14N4O3. The highest BCUT2D eigenvalue weighted by atomic mass is 16.4. The smallest absolute Gasteiger partial charge is 0.358 e. The number of Topliss-reactive ketones (excluding diaryl/α,β-unsaturated/α-hetero) is 1. The number of carbonyl (C=O) groups excluding carboxylic acids is 1. The minimum atomic E-state index is -1.18. The number of ketones is 1. The van der Waals surface area contributed by atoms with Gasteiger partial charge in [-0.25, -0.2) is 9.78 Å². The summed E-state index contributed by atoms with van der Waals surface area (Å²) >= 11 is 0. The molecule has 0 fully saturated rings. The topological polar surface area (TPSA) is 96.4 Å². The molecule has 3 rings (SSSR count). The number of carbonyl (C=O) groups is 2. The summed E-state index contributed by atoms with van der Waals surface area (Å²) in [5.41, 5.74) is 2.24. The van der Waals surface area contributed by atoms with E-state index in [1.54, 1.807) is 40.9 Å². The van der Waals surface area contributed by atoms with Crippen LogP contribution in [0.25, 0.3) is 5.65 Å². The van der Waals surface area contributed by atoms with E-state index in [2.05, 4.69) is 15.2 Å². The molecule has 0 atom stereocenters. The maximum absolute atomic E-state index is 11.4. The van der Waals surface area contributed by atoms with Gasteiger partial charge in [0.25, 0.3) is 0 Å². The lowest BCUT2D eigenvalue weighted by Gasteiger charge is -1.99. The monoisotopic (exact) mass is 322 g/mol. The van der Waals surface area contributed by atoms with Gasteiger partial charge in [-0.1, -0.05) is 12.1 Å². The number of carboxylic acids is 1. The van der Waals surface area contributed by atoms with E-state index in [-0.39, 0.29) is 17.3 Å². The van der Waals surface area contributed by atoms with E-state index in [0.29, 0.717) is 16.9 Å². The summed E-state index contributed by atoms with van der Waals surface area (Å²) in [6.07, 6.45) is 1.70. The summed E-state index contributed by atoms with van der Waals surface area (Å²) in [6.45, 7) is 3.36. The average molecular weight is 322 g/mol. The van der Waals surface area contributed by atoms with Crippen LogP contribution in [-0.2, 0) is 0 Å². The minimum Gasteiger partial charge on any atom is -0.476 e. The fourth-order valence-electron chi connectivity index (χ4n) is 2.26. The van der Waals surface area contributed by atoms with Crippen molar-refractivity contribution in [2.24, 2.45) is 10.2 Å². The molecule has 0 radical (unpaired) electrons. The maximum Gasteiger partial charge on any atom is 0.358 e. The Bertz CT molecular complexity index is 989. The lowest BCUT2D eigenvalue weighted by atomic mass is 10.1. The Balaban J connectivity index is 2.09. The Hall–Kier alpha value is -3.35. The fourth-order valence-corrected chi connectivity index (χ4v) is 2.26. The van der Waals surface area contributed by atoms with Gasteiger partial charge < -0.3 is 5.11 Å². The third-order valence-electron chi connectivity index (χ3n) is 3.47. The van der Waals surface area contributed by atoms with E-state index in [4.69, 9.17) is 0 Å². The van der Waals surface area contributed by atoms with Crippen LogP contribution in [0.4, 0.5) is 11.5 Å². The zero-order chi connectivity index (χ0) is 17.3. The SMILES string of the molecule is CC(=O)c1cccc(N=Nc2c(C(=O)O)nc3cc(C)ccn23)c1. The number of aromatic nitrogens is 2. The molecule has 1 N–H and O–H groups in total. The van der Waals surface area contributed by atoms with Gasteiger partial charge in [0.1, 0.15) is 5.65 Å². The predicted octanol–water partition coefficient (Wildman–Crippen LogP) is 3.96. The van der Waals surface area contributed by atoms with E-state index >= 15 is 0 Å². The van der Waals surface area contributed by atoms with Crippen molar-refractivity contribution >= 4 is 28.9 Å². The van der Waals surface area contributed by atoms with Gasteiger partial charge in [0.05, 0.1) is 5.69 Å². The molecule has 0 spiro atoms. The average Bonchev–Trinajstić information content (AvgIpc) is 2.91. The zero-order valence-electron chi connectivity index (χ0n) is 13.1. The summed E-state index contributed by atoms with van der Waals surface area (Å²) in [4.78, 5) is 26.9. The molecule has 120 valence electrons. The van der Waals surface area contributed by atoms with E-state index in [1.807, 2.05) is 13.0 Å². The van der Waals surface area contributed by atoms with Crippen molar-refractivity contribution in [3.63, 3.8) is 0 Å². The van der Waals surface area contributed by atoms with Crippen molar-refractivity contribution in [3.8, 4) is 0 Å². The van der Waals surface area contributed by atoms with Gasteiger partial charge in [0.2, 0.25) is 0 Å². The highest BCUT2D eigenvalue weighted by molar-refractivity contribution is 5.94. The third kappa shape index (κ3) is 2.91. The van der Waals surface area contributed by atoms with Crippen LogP contribution < -0.4 is 0 Å². The van der Waals surface area contributed by atoms with E-state index in [0.717, 1.165) is 5.56 Å².